The number of pyridine rings is 1. The van der Waals surface area contributed by atoms with Crippen LogP contribution < -0.4 is 5.32 Å². The summed E-state index contributed by atoms with van der Waals surface area (Å²) in [6, 6.07) is 12.0. The molecule has 140 valence electrons. The van der Waals surface area contributed by atoms with Crippen LogP contribution >= 0.6 is 0 Å². The molecule has 3 heterocycles. The highest BCUT2D eigenvalue weighted by Gasteiger charge is 2.43. The maximum Gasteiger partial charge on any atom is 0.254 e. The molecule has 2 aliphatic rings. The molecule has 2 unspecified atom stereocenters. The van der Waals surface area contributed by atoms with Crippen LogP contribution in [0.15, 0.2) is 48.8 Å². The summed E-state index contributed by atoms with van der Waals surface area (Å²) < 4.78 is 0. The lowest BCUT2D eigenvalue weighted by Crippen LogP contribution is -2.52. The second-order valence-electron chi connectivity index (χ2n) is 7.53. The van der Waals surface area contributed by atoms with Crippen molar-refractivity contribution < 1.29 is 9.59 Å². The summed E-state index contributed by atoms with van der Waals surface area (Å²) in [6.07, 6.45) is 7.92. The summed E-state index contributed by atoms with van der Waals surface area (Å²) in [4.78, 5) is 31.5. The number of hydrogen-bond acceptors (Lipinski definition) is 3. The van der Waals surface area contributed by atoms with Crippen molar-refractivity contribution in [3.63, 3.8) is 0 Å². The van der Waals surface area contributed by atoms with Crippen molar-refractivity contribution in [3.05, 3.63) is 65.5 Å². The van der Waals surface area contributed by atoms with Crippen molar-refractivity contribution in [2.24, 2.45) is 0 Å². The van der Waals surface area contributed by atoms with Gasteiger partial charge >= 0.3 is 0 Å². The number of hydrogen-bond donors (Lipinski definition) is 1. The highest BCUT2D eigenvalue weighted by molar-refractivity contribution is 5.95. The molecule has 2 aromatic rings. The first-order valence-electron chi connectivity index (χ1n) is 9.78. The number of aryl methyl sites for hydroxylation is 1. The topological polar surface area (TPSA) is 62.3 Å². The Morgan fingerprint density at radius 2 is 1.63 bits per heavy atom. The van der Waals surface area contributed by atoms with Crippen molar-refractivity contribution in [1.29, 1.82) is 0 Å². The molecule has 2 atom stereocenters. The molecule has 2 aliphatic heterocycles. The fraction of sp³-hybridized carbons (Fsp3) is 0.409. The van der Waals surface area contributed by atoms with Crippen LogP contribution in [0.5, 0.6) is 0 Å². The van der Waals surface area contributed by atoms with E-state index < -0.39 is 0 Å². The average Bonchev–Trinajstić information content (AvgIpc) is 2.98. The Kier molecular flexibility index (Phi) is 4.92. The van der Waals surface area contributed by atoms with Gasteiger partial charge < -0.3 is 10.2 Å². The number of fused-ring (bicyclic) bond motifs is 2. The van der Waals surface area contributed by atoms with E-state index in [1.54, 1.807) is 24.5 Å². The fourth-order valence-corrected chi connectivity index (χ4v) is 4.43. The number of nitrogens with one attached hydrogen (secondary N) is 1. The average molecular weight is 363 g/mol. The van der Waals surface area contributed by atoms with Crippen LogP contribution in [-0.4, -0.2) is 39.8 Å². The number of carbonyl (C=O) groups is 2. The third kappa shape index (κ3) is 3.59. The van der Waals surface area contributed by atoms with Gasteiger partial charge in [-0.2, -0.15) is 0 Å². The summed E-state index contributed by atoms with van der Waals surface area (Å²) in [5.74, 6) is 0.0702. The van der Waals surface area contributed by atoms with Crippen molar-refractivity contribution in [2.75, 3.05) is 0 Å². The number of rotatable bonds is 4. The van der Waals surface area contributed by atoms with Crippen LogP contribution in [0.1, 0.15) is 58.9 Å². The zero-order valence-corrected chi connectivity index (χ0v) is 15.6. The Bertz CT molecular complexity index is 805. The molecule has 5 nitrogen and oxygen atoms in total. The highest BCUT2D eigenvalue weighted by atomic mass is 16.2. The summed E-state index contributed by atoms with van der Waals surface area (Å²) in [7, 11) is 0. The molecule has 27 heavy (non-hydrogen) atoms. The van der Waals surface area contributed by atoms with E-state index in [0.29, 0.717) is 5.56 Å². The molecule has 0 aliphatic carbocycles. The minimum atomic E-state index is -0.0586. The van der Waals surface area contributed by atoms with Crippen LogP contribution in [0, 0.1) is 0 Å². The number of nitrogens with zero attached hydrogens (tertiary/aromatic N) is 2. The molecule has 2 amide bonds. The normalized spacial score (nSPS) is 23.9. The summed E-state index contributed by atoms with van der Waals surface area (Å²) in [5.41, 5.74) is 2.64. The van der Waals surface area contributed by atoms with Gasteiger partial charge in [-0.3, -0.25) is 14.6 Å². The van der Waals surface area contributed by atoms with Crippen LogP contribution in [0.3, 0.4) is 0 Å². The van der Waals surface area contributed by atoms with Gasteiger partial charge in [0.1, 0.15) is 0 Å². The van der Waals surface area contributed by atoms with Gasteiger partial charge in [-0.05, 0) is 61.9 Å². The van der Waals surface area contributed by atoms with E-state index in [1.807, 2.05) is 24.3 Å². The molecule has 2 bridgehead atoms. The number of piperidine rings is 1. The SMILES string of the molecule is CCc1ccc(C(=O)N2C3CCC2CC(NC(=O)c2ccncc2)C3)cc1. The molecule has 0 radical (unpaired) electrons. The van der Waals surface area contributed by atoms with E-state index in [2.05, 4.69) is 22.1 Å². The van der Waals surface area contributed by atoms with E-state index in [9.17, 15) is 9.59 Å². The first-order valence-corrected chi connectivity index (χ1v) is 9.78. The molecule has 0 saturated carbocycles. The van der Waals surface area contributed by atoms with Gasteiger partial charge in [-0.25, -0.2) is 0 Å². The number of carbonyl (C=O) groups excluding carboxylic acids is 2. The van der Waals surface area contributed by atoms with Crippen molar-refractivity contribution in [1.82, 2.24) is 15.2 Å². The monoisotopic (exact) mass is 363 g/mol. The molecule has 1 aromatic heterocycles. The molecular formula is C22H25N3O2. The summed E-state index contributed by atoms with van der Waals surface area (Å²) in [6.45, 7) is 2.11. The second kappa shape index (κ2) is 7.51. The van der Waals surface area contributed by atoms with Crippen molar-refractivity contribution in [3.8, 4) is 0 Å². The Labute approximate surface area is 159 Å². The Hall–Kier alpha value is -2.69. The summed E-state index contributed by atoms with van der Waals surface area (Å²) in [5, 5.41) is 3.15. The third-order valence-corrected chi connectivity index (χ3v) is 5.85. The van der Waals surface area contributed by atoms with Gasteiger partial charge in [-0.1, -0.05) is 19.1 Å². The van der Waals surface area contributed by atoms with Gasteiger partial charge in [0.2, 0.25) is 0 Å². The van der Waals surface area contributed by atoms with E-state index >= 15 is 0 Å². The number of aromatic nitrogens is 1. The zero-order chi connectivity index (χ0) is 18.8. The van der Waals surface area contributed by atoms with Gasteiger partial charge in [0.15, 0.2) is 0 Å². The molecular weight excluding hydrogens is 338 g/mol. The lowest BCUT2D eigenvalue weighted by molar-refractivity contribution is 0.0549. The van der Waals surface area contributed by atoms with Gasteiger partial charge in [0, 0.05) is 41.6 Å². The van der Waals surface area contributed by atoms with Crippen molar-refractivity contribution >= 4 is 11.8 Å². The van der Waals surface area contributed by atoms with Crippen LogP contribution in [-0.2, 0) is 6.42 Å². The minimum Gasteiger partial charge on any atom is -0.349 e. The second-order valence-corrected chi connectivity index (χ2v) is 7.53. The molecule has 1 aromatic carbocycles. The largest absolute Gasteiger partial charge is 0.349 e. The molecule has 4 rings (SSSR count). The van der Waals surface area contributed by atoms with Gasteiger partial charge in [-0.15, -0.1) is 0 Å². The summed E-state index contributed by atoms with van der Waals surface area (Å²) >= 11 is 0. The van der Waals surface area contributed by atoms with E-state index in [4.69, 9.17) is 0 Å². The first kappa shape index (κ1) is 17.7. The standard InChI is InChI=1S/C22H25N3O2/c1-2-15-3-5-17(6-4-15)22(27)25-19-7-8-20(25)14-18(13-19)24-21(26)16-9-11-23-12-10-16/h3-6,9-12,18-20H,2,7-8,13-14H2,1H3,(H,24,26). The predicted molar refractivity (Wildman–Crippen MR) is 104 cm³/mol. The molecule has 0 spiro atoms. The van der Waals surface area contributed by atoms with Crippen LogP contribution in [0.25, 0.3) is 0 Å². The molecule has 2 fully saturated rings. The Balaban J connectivity index is 1.42. The minimum absolute atomic E-state index is 0.0586. The Morgan fingerprint density at radius 1 is 1.00 bits per heavy atom. The number of amides is 2. The lowest BCUT2D eigenvalue weighted by Gasteiger charge is -2.39. The molecule has 2 saturated heterocycles. The molecule has 5 heteroatoms. The maximum absolute atomic E-state index is 13.0. The number of benzene rings is 1. The van der Waals surface area contributed by atoms with E-state index in [1.165, 1.54) is 5.56 Å². The first-order chi connectivity index (χ1) is 13.2. The zero-order valence-electron chi connectivity index (χ0n) is 15.6. The van der Waals surface area contributed by atoms with E-state index in [0.717, 1.165) is 37.7 Å². The third-order valence-electron chi connectivity index (χ3n) is 5.85. The smallest absolute Gasteiger partial charge is 0.254 e. The fourth-order valence-electron chi connectivity index (χ4n) is 4.43. The van der Waals surface area contributed by atoms with Gasteiger partial charge in [0.25, 0.3) is 11.8 Å². The Morgan fingerprint density at radius 3 is 2.22 bits per heavy atom. The van der Waals surface area contributed by atoms with Crippen molar-refractivity contribution in [2.45, 2.75) is 57.2 Å². The van der Waals surface area contributed by atoms with E-state index in [-0.39, 0.29) is 29.9 Å². The van der Waals surface area contributed by atoms with Gasteiger partial charge in [0.05, 0.1) is 0 Å². The highest BCUT2D eigenvalue weighted by Crippen LogP contribution is 2.37. The molecule has 1 N–H and O–H groups in total. The van der Waals surface area contributed by atoms with Crippen LogP contribution in [0.4, 0.5) is 0 Å². The predicted octanol–water partition coefficient (Wildman–Crippen LogP) is 3.21. The van der Waals surface area contributed by atoms with Crippen LogP contribution in [0.2, 0.25) is 0 Å². The lowest BCUT2D eigenvalue weighted by atomic mass is 9.95. The quantitative estimate of drug-likeness (QED) is 0.907. The maximum atomic E-state index is 13.0.